The van der Waals surface area contributed by atoms with Crippen molar-refractivity contribution in [2.75, 3.05) is 6.54 Å². The molecule has 2 aromatic rings. The van der Waals surface area contributed by atoms with Crippen molar-refractivity contribution in [3.05, 3.63) is 71.8 Å². The molecule has 1 spiro atoms. The molecule has 9 nitrogen and oxygen atoms in total. The number of carbonyl (C=O) groups is 3. The number of aliphatic hydroxyl groups excluding tert-OH is 1. The van der Waals surface area contributed by atoms with E-state index >= 15 is 0 Å². The average Bonchev–Trinajstić information content (AvgIpc) is 3.35. The Hall–Kier alpha value is -3.27. The van der Waals surface area contributed by atoms with Crippen molar-refractivity contribution in [3.63, 3.8) is 0 Å². The quantitative estimate of drug-likeness (QED) is 0.378. The molecular formula is C31H44N5O4+. The number of carbonyl (C=O) groups excluding carboxylic acids is 3. The first-order chi connectivity index (χ1) is 18.9. The van der Waals surface area contributed by atoms with Crippen LogP contribution in [-0.2, 0) is 22.6 Å². The molecule has 2 aliphatic rings. The fraction of sp³-hybridized carbons (Fsp3) is 0.516. The predicted molar refractivity (Wildman–Crippen MR) is 153 cm³/mol. The lowest BCUT2D eigenvalue weighted by molar-refractivity contribution is -1.07. The molecule has 2 saturated heterocycles. The highest BCUT2D eigenvalue weighted by molar-refractivity contribution is 5.99. The summed E-state index contributed by atoms with van der Waals surface area (Å²) in [5.74, 6) is -0.907. The molecule has 2 aliphatic heterocycles. The molecule has 0 radical (unpaired) electrons. The van der Waals surface area contributed by atoms with E-state index in [1.165, 1.54) is 0 Å². The number of nitrogens with zero attached hydrogens (tertiary/aromatic N) is 2. The van der Waals surface area contributed by atoms with Gasteiger partial charge in [0, 0.05) is 24.8 Å². The summed E-state index contributed by atoms with van der Waals surface area (Å²) >= 11 is 0. The molecule has 216 valence electrons. The molecule has 0 bridgehead atoms. The summed E-state index contributed by atoms with van der Waals surface area (Å²) in [4.78, 5) is 41.0. The minimum Gasteiger partial charge on any atom is -0.341 e. The molecule has 0 saturated carbocycles. The highest BCUT2D eigenvalue weighted by Crippen LogP contribution is 2.38. The maximum absolute atomic E-state index is 13.9. The van der Waals surface area contributed by atoms with Gasteiger partial charge in [0.15, 0.2) is 6.04 Å². The molecule has 4 amide bonds. The minimum absolute atomic E-state index is 0.0464. The molecule has 2 fully saturated rings. The first kappa shape index (κ1) is 29.7. The van der Waals surface area contributed by atoms with Crippen molar-refractivity contribution in [2.45, 2.75) is 90.3 Å². The van der Waals surface area contributed by atoms with Gasteiger partial charge in [-0.3, -0.25) is 14.9 Å². The Kier molecular flexibility index (Phi) is 8.97. The van der Waals surface area contributed by atoms with Crippen LogP contribution in [0, 0.1) is 5.92 Å². The zero-order chi connectivity index (χ0) is 29.1. The fourth-order valence-corrected chi connectivity index (χ4v) is 6.06. The van der Waals surface area contributed by atoms with Gasteiger partial charge in [-0.05, 0) is 37.8 Å². The van der Waals surface area contributed by atoms with Crippen molar-refractivity contribution in [1.82, 2.24) is 21.0 Å². The Labute approximate surface area is 237 Å². The lowest BCUT2D eigenvalue weighted by Crippen LogP contribution is -2.80. The van der Waals surface area contributed by atoms with Crippen molar-refractivity contribution in [2.24, 2.45) is 5.92 Å². The molecule has 0 aromatic heterocycles. The molecule has 9 heteroatoms. The smallest absolute Gasteiger partial charge is 0.341 e. The van der Waals surface area contributed by atoms with Gasteiger partial charge in [-0.2, -0.15) is 9.60 Å². The van der Waals surface area contributed by atoms with Crippen LogP contribution in [-0.4, -0.2) is 69.0 Å². The summed E-state index contributed by atoms with van der Waals surface area (Å²) in [5.41, 5.74) is 1.54. The van der Waals surface area contributed by atoms with E-state index in [0.717, 1.165) is 11.1 Å². The standard InChI is InChI=1S/C31H43N5O4/c1-21(2)26(34-31(3,4)5)28(38)33-27(37)25-17-12-18-36(25)29(39)24(19-22-13-8-6-9-14-22)32-30(40)35(36)20-23-15-10-7-11-16-23/h6-11,13-16,21,24-26,29,34,39H,12,17-20H2,1-5H3,(H-,32,33,37,38,40)/p+1/t24-,25-,26-,29?,36?/m0/s1. The van der Waals surface area contributed by atoms with E-state index in [1.54, 1.807) is 5.01 Å². The van der Waals surface area contributed by atoms with Gasteiger partial charge in [-0.1, -0.05) is 74.5 Å². The number of hydrogen-bond acceptors (Lipinski definition) is 5. The Balaban J connectivity index is 1.66. The molecule has 4 rings (SSSR count). The first-order valence-electron chi connectivity index (χ1n) is 14.3. The van der Waals surface area contributed by atoms with Crippen molar-refractivity contribution < 1.29 is 24.1 Å². The Bertz CT molecular complexity index is 1180. The third kappa shape index (κ3) is 6.37. The summed E-state index contributed by atoms with van der Waals surface area (Å²) in [7, 11) is 0. The van der Waals surface area contributed by atoms with Gasteiger partial charge in [0.2, 0.25) is 12.1 Å². The lowest BCUT2D eigenvalue weighted by Gasteiger charge is -2.53. The van der Waals surface area contributed by atoms with Gasteiger partial charge in [0.1, 0.15) is 12.6 Å². The number of urea groups is 1. The second-order valence-corrected chi connectivity index (χ2v) is 12.4. The number of aliphatic hydroxyl groups is 1. The zero-order valence-electron chi connectivity index (χ0n) is 24.3. The number of benzene rings is 2. The first-order valence-corrected chi connectivity index (χ1v) is 14.3. The second kappa shape index (κ2) is 12.1. The van der Waals surface area contributed by atoms with Crippen LogP contribution in [0.5, 0.6) is 0 Å². The summed E-state index contributed by atoms with van der Waals surface area (Å²) in [6.45, 7) is 10.4. The molecule has 4 N–H and O–H groups in total. The van der Waals surface area contributed by atoms with Crippen LogP contribution < -0.4 is 16.0 Å². The molecule has 5 atom stereocenters. The Morgan fingerprint density at radius 1 is 1.05 bits per heavy atom. The average molecular weight is 551 g/mol. The summed E-state index contributed by atoms with van der Waals surface area (Å²) in [6.07, 6.45) is 0.425. The van der Waals surface area contributed by atoms with Crippen LogP contribution in [0.4, 0.5) is 4.79 Å². The fourth-order valence-electron chi connectivity index (χ4n) is 6.06. The van der Waals surface area contributed by atoms with Gasteiger partial charge in [0.05, 0.1) is 12.6 Å². The Morgan fingerprint density at radius 3 is 2.23 bits per heavy atom. The Morgan fingerprint density at radius 2 is 1.65 bits per heavy atom. The van der Waals surface area contributed by atoms with Crippen LogP contribution in [0.25, 0.3) is 0 Å². The van der Waals surface area contributed by atoms with Crippen LogP contribution in [0.15, 0.2) is 60.7 Å². The van der Waals surface area contributed by atoms with Crippen LogP contribution in [0.3, 0.4) is 0 Å². The summed E-state index contributed by atoms with van der Waals surface area (Å²) in [6, 6.07) is 16.9. The third-order valence-corrected chi connectivity index (χ3v) is 7.90. The van der Waals surface area contributed by atoms with E-state index in [2.05, 4.69) is 16.0 Å². The minimum atomic E-state index is -1.08. The summed E-state index contributed by atoms with van der Waals surface area (Å²) in [5, 5.41) is 22.6. The zero-order valence-corrected chi connectivity index (χ0v) is 24.3. The van der Waals surface area contributed by atoms with Gasteiger partial charge in [-0.15, -0.1) is 0 Å². The van der Waals surface area contributed by atoms with Gasteiger partial charge >= 0.3 is 6.03 Å². The van der Waals surface area contributed by atoms with Gasteiger partial charge in [0.25, 0.3) is 5.91 Å². The summed E-state index contributed by atoms with van der Waals surface area (Å²) < 4.78 is -0.226. The number of rotatable bonds is 8. The molecule has 0 aliphatic carbocycles. The maximum atomic E-state index is 13.9. The number of amides is 4. The van der Waals surface area contributed by atoms with E-state index in [-0.39, 0.29) is 28.6 Å². The van der Waals surface area contributed by atoms with Crippen LogP contribution in [0.2, 0.25) is 0 Å². The predicted octanol–water partition coefficient (Wildman–Crippen LogP) is 3.09. The molecule has 2 aromatic carbocycles. The number of hydrogen-bond donors (Lipinski definition) is 4. The monoisotopic (exact) mass is 550 g/mol. The lowest BCUT2D eigenvalue weighted by atomic mass is 9.98. The largest absolute Gasteiger partial charge is 0.362 e. The van der Waals surface area contributed by atoms with E-state index in [1.807, 2.05) is 95.3 Å². The topological polar surface area (TPSA) is 111 Å². The number of imide groups is 1. The molecule has 2 heterocycles. The van der Waals surface area contributed by atoms with Crippen molar-refractivity contribution >= 4 is 17.8 Å². The van der Waals surface area contributed by atoms with Crippen molar-refractivity contribution in [1.29, 1.82) is 0 Å². The van der Waals surface area contributed by atoms with Crippen molar-refractivity contribution in [3.8, 4) is 0 Å². The highest BCUT2D eigenvalue weighted by Gasteiger charge is 2.62. The van der Waals surface area contributed by atoms with E-state index in [0.29, 0.717) is 25.8 Å². The SMILES string of the molecule is CC(C)[C@H](NC(C)(C)C)C(=O)NC(=O)[C@@H]1CCC[N+]12C(O)[C@H](Cc1ccccc1)NC(=O)N2Cc1ccccc1. The van der Waals surface area contributed by atoms with E-state index in [9.17, 15) is 19.5 Å². The molecule has 40 heavy (non-hydrogen) atoms. The van der Waals surface area contributed by atoms with E-state index in [4.69, 9.17) is 0 Å². The normalized spacial score (nSPS) is 25.6. The number of nitrogens with one attached hydrogen (secondary N) is 3. The molecular weight excluding hydrogens is 506 g/mol. The maximum Gasteiger partial charge on any atom is 0.362 e. The highest BCUT2D eigenvalue weighted by atomic mass is 16.3. The van der Waals surface area contributed by atoms with Gasteiger partial charge < -0.3 is 15.7 Å². The van der Waals surface area contributed by atoms with Crippen LogP contribution in [0.1, 0.15) is 58.6 Å². The molecule has 2 unspecified atom stereocenters. The second-order valence-electron chi connectivity index (χ2n) is 12.4. The van der Waals surface area contributed by atoms with Gasteiger partial charge in [-0.25, -0.2) is 4.79 Å². The number of quaternary nitrogens is 1. The third-order valence-electron chi connectivity index (χ3n) is 7.90. The van der Waals surface area contributed by atoms with Crippen LogP contribution >= 0.6 is 0 Å². The van der Waals surface area contributed by atoms with E-state index < -0.39 is 36.2 Å².